The minimum atomic E-state index is -0.262. The van der Waals surface area contributed by atoms with Gasteiger partial charge in [-0.2, -0.15) is 0 Å². The molecule has 0 aliphatic rings. The van der Waals surface area contributed by atoms with Gasteiger partial charge < -0.3 is 15.4 Å². The van der Waals surface area contributed by atoms with E-state index in [1.807, 2.05) is 13.0 Å². The van der Waals surface area contributed by atoms with E-state index in [2.05, 4.69) is 25.3 Å². The number of nitrogens with one attached hydrogen (secondary N) is 2. The molecule has 6 nitrogen and oxygen atoms in total. The summed E-state index contributed by atoms with van der Waals surface area (Å²) in [6.45, 7) is 3.85. The van der Waals surface area contributed by atoms with Gasteiger partial charge in [0, 0.05) is 19.3 Å². The predicted molar refractivity (Wildman–Crippen MR) is 83.6 cm³/mol. The lowest BCUT2D eigenvalue weighted by molar-refractivity contribution is -0.140. The summed E-state index contributed by atoms with van der Waals surface area (Å²) in [5.41, 5.74) is 1.09. The van der Waals surface area contributed by atoms with Crippen LogP contribution in [-0.2, 0) is 16.0 Å². The number of aromatic nitrogens is 1. The molecule has 0 amide bonds. The highest BCUT2D eigenvalue weighted by molar-refractivity contribution is 6.29. The third kappa shape index (κ3) is 7.51. The van der Waals surface area contributed by atoms with E-state index < -0.39 is 0 Å². The highest BCUT2D eigenvalue weighted by atomic mass is 35.5. The molecule has 0 fully saturated rings. The molecule has 0 radical (unpaired) electrons. The van der Waals surface area contributed by atoms with Crippen LogP contribution in [-0.4, -0.2) is 43.7 Å². The molecule has 21 heavy (non-hydrogen) atoms. The lowest BCUT2D eigenvalue weighted by atomic mass is 10.2. The molecule has 1 aromatic heterocycles. The highest BCUT2D eigenvalue weighted by Crippen LogP contribution is 2.05. The van der Waals surface area contributed by atoms with Crippen molar-refractivity contribution in [3.8, 4) is 0 Å². The van der Waals surface area contributed by atoms with Crippen LogP contribution < -0.4 is 10.6 Å². The second kappa shape index (κ2) is 9.99. The molecular formula is C14H21ClN4O2. The predicted octanol–water partition coefficient (Wildman–Crippen LogP) is 1.40. The average Bonchev–Trinajstić information content (AvgIpc) is 2.49. The summed E-state index contributed by atoms with van der Waals surface area (Å²) in [5, 5.41) is 6.81. The van der Waals surface area contributed by atoms with Gasteiger partial charge in [-0.1, -0.05) is 17.7 Å². The molecule has 0 saturated heterocycles. The van der Waals surface area contributed by atoms with Crippen molar-refractivity contribution in [1.29, 1.82) is 0 Å². The first-order valence-electron chi connectivity index (χ1n) is 6.85. The van der Waals surface area contributed by atoms with Gasteiger partial charge in [-0.05, 0) is 25.0 Å². The molecule has 0 aromatic carbocycles. The number of rotatable bonds is 7. The van der Waals surface area contributed by atoms with Crippen molar-refractivity contribution in [3.63, 3.8) is 0 Å². The fraction of sp³-hybridized carbons (Fsp3) is 0.500. The number of pyridine rings is 1. The van der Waals surface area contributed by atoms with E-state index >= 15 is 0 Å². The highest BCUT2D eigenvalue weighted by Gasteiger charge is 2.01. The van der Waals surface area contributed by atoms with Crippen LogP contribution in [0, 0.1) is 0 Å². The Morgan fingerprint density at radius 3 is 2.86 bits per heavy atom. The summed E-state index contributed by atoms with van der Waals surface area (Å²) in [4.78, 5) is 19.4. The quantitative estimate of drug-likeness (QED) is 0.344. The second-order valence-electron chi connectivity index (χ2n) is 4.25. The van der Waals surface area contributed by atoms with Crippen molar-refractivity contribution in [2.45, 2.75) is 19.8 Å². The molecule has 0 spiro atoms. The summed E-state index contributed by atoms with van der Waals surface area (Å²) in [7, 11) is 1.37. The van der Waals surface area contributed by atoms with Crippen molar-refractivity contribution in [2.24, 2.45) is 4.99 Å². The van der Waals surface area contributed by atoms with E-state index in [9.17, 15) is 4.79 Å². The van der Waals surface area contributed by atoms with Crippen LogP contribution in [0.1, 0.15) is 18.9 Å². The first-order valence-corrected chi connectivity index (χ1v) is 7.23. The Hall–Kier alpha value is -1.82. The molecule has 0 bridgehead atoms. The number of methoxy groups -OCH3 is 1. The SMILES string of the molecule is CCNC(=NCCC(=O)OC)NCCc1ccc(Cl)nc1. The van der Waals surface area contributed by atoms with Crippen LogP contribution in [0.4, 0.5) is 0 Å². The number of nitrogens with zero attached hydrogens (tertiary/aromatic N) is 2. The number of carbonyl (C=O) groups excluding carboxylic acids is 1. The van der Waals surface area contributed by atoms with Crippen LogP contribution in [0.25, 0.3) is 0 Å². The Morgan fingerprint density at radius 2 is 2.24 bits per heavy atom. The smallest absolute Gasteiger partial charge is 0.307 e. The van der Waals surface area contributed by atoms with Crippen LogP contribution in [0.5, 0.6) is 0 Å². The number of guanidine groups is 1. The monoisotopic (exact) mass is 312 g/mol. The van der Waals surface area contributed by atoms with E-state index in [0.29, 0.717) is 24.2 Å². The summed E-state index contributed by atoms with van der Waals surface area (Å²) in [5.74, 6) is 0.421. The van der Waals surface area contributed by atoms with Gasteiger partial charge in [0.2, 0.25) is 0 Å². The van der Waals surface area contributed by atoms with Crippen LogP contribution in [0.3, 0.4) is 0 Å². The van der Waals surface area contributed by atoms with E-state index in [1.54, 1.807) is 12.3 Å². The average molecular weight is 313 g/mol. The fourth-order valence-corrected chi connectivity index (χ4v) is 1.69. The number of hydrogen-bond donors (Lipinski definition) is 2. The van der Waals surface area contributed by atoms with Gasteiger partial charge in [-0.15, -0.1) is 0 Å². The van der Waals surface area contributed by atoms with E-state index in [4.69, 9.17) is 11.6 Å². The minimum Gasteiger partial charge on any atom is -0.469 e. The first kappa shape index (κ1) is 17.2. The van der Waals surface area contributed by atoms with Crippen molar-refractivity contribution in [2.75, 3.05) is 26.7 Å². The van der Waals surface area contributed by atoms with Crippen LogP contribution >= 0.6 is 11.6 Å². The molecular weight excluding hydrogens is 292 g/mol. The molecule has 0 aliphatic carbocycles. The van der Waals surface area contributed by atoms with Crippen LogP contribution in [0.2, 0.25) is 5.15 Å². The molecule has 0 unspecified atom stereocenters. The second-order valence-corrected chi connectivity index (χ2v) is 4.64. The molecule has 0 aliphatic heterocycles. The number of esters is 1. The summed E-state index contributed by atoms with van der Waals surface area (Å²) in [6.07, 6.45) is 2.84. The van der Waals surface area contributed by atoms with E-state index in [1.165, 1.54) is 7.11 Å². The molecule has 1 rings (SSSR count). The van der Waals surface area contributed by atoms with Gasteiger partial charge in [0.15, 0.2) is 5.96 Å². The third-order valence-corrected chi connectivity index (χ3v) is 2.88. The zero-order valence-corrected chi connectivity index (χ0v) is 13.1. The van der Waals surface area contributed by atoms with Crippen molar-refractivity contribution < 1.29 is 9.53 Å². The van der Waals surface area contributed by atoms with Gasteiger partial charge in [0.1, 0.15) is 5.15 Å². The minimum absolute atomic E-state index is 0.262. The summed E-state index contributed by atoms with van der Waals surface area (Å²) < 4.78 is 4.57. The Labute approximate surface area is 130 Å². The summed E-state index contributed by atoms with van der Waals surface area (Å²) in [6, 6.07) is 3.71. The maximum absolute atomic E-state index is 11.0. The van der Waals surface area contributed by atoms with Gasteiger partial charge in [0.25, 0.3) is 0 Å². The molecule has 1 aromatic rings. The number of ether oxygens (including phenoxy) is 1. The molecule has 1 heterocycles. The lowest BCUT2D eigenvalue weighted by Crippen LogP contribution is -2.38. The number of carbonyl (C=O) groups is 1. The van der Waals surface area contributed by atoms with Crippen molar-refractivity contribution in [3.05, 3.63) is 29.0 Å². The van der Waals surface area contributed by atoms with Gasteiger partial charge in [-0.3, -0.25) is 9.79 Å². The van der Waals surface area contributed by atoms with Gasteiger partial charge in [0.05, 0.1) is 20.1 Å². The fourth-order valence-electron chi connectivity index (χ4n) is 1.58. The van der Waals surface area contributed by atoms with Crippen molar-refractivity contribution in [1.82, 2.24) is 15.6 Å². The summed E-state index contributed by atoms with van der Waals surface area (Å²) >= 11 is 5.74. The first-order chi connectivity index (χ1) is 10.2. The normalized spacial score (nSPS) is 11.1. The van der Waals surface area contributed by atoms with Gasteiger partial charge in [-0.25, -0.2) is 4.98 Å². The topological polar surface area (TPSA) is 75.6 Å². The van der Waals surface area contributed by atoms with Crippen LogP contribution in [0.15, 0.2) is 23.3 Å². The number of hydrogen-bond acceptors (Lipinski definition) is 4. The van der Waals surface area contributed by atoms with E-state index in [-0.39, 0.29) is 12.4 Å². The van der Waals surface area contributed by atoms with E-state index in [0.717, 1.165) is 18.5 Å². The third-order valence-electron chi connectivity index (χ3n) is 2.65. The van der Waals surface area contributed by atoms with Crippen molar-refractivity contribution >= 4 is 23.5 Å². The zero-order chi connectivity index (χ0) is 15.5. The molecule has 116 valence electrons. The molecule has 2 N–H and O–H groups in total. The lowest BCUT2D eigenvalue weighted by Gasteiger charge is -2.11. The largest absolute Gasteiger partial charge is 0.469 e. The molecule has 7 heteroatoms. The maximum atomic E-state index is 11.0. The Morgan fingerprint density at radius 1 is 1.43 bits per heavy atom. The maximum Gasteiger partial charge on any atom is 0.307 e. The molecule has 0 saturated carbocycles. The van der Waals surface area contributed by atoms with Gasteiger partial charge >= 0.3 is 5.97 Å². The Bertz CT molecular complexity index is 463. The molecule has 0 atom stereocenters. The number of halogens is 1. The Kier molecular flexibility index (Phi) is 8.19. The standard InChI is InChI=1S/C14H21ClN4O2/c1-3-16-14(18-9-7-13(20)21-2)17-8-6-11-4-5-12(15)19-10-11/h4-5,10H,3,6-9H2,1-2H3,(H2,16,17,18). The zero-order valence-electron chi connectivity index (χ0n) is 12.4. The number of aliphatic imine (C=N–C) groups is 1. The Balaban J connectivity index is 2.37.